The van der Waals surface area contributed by atoms with Crippen molar-refractivity contribution in [3.63, 3.8) is 0 Å². The second kappa shape index (κ2) is 5.66. The van der Waals surface area contributed by atoms with Gasteiger partial charge >= 0.3 is 5.69 Å². The van der Waals surface area contributed by atoms with Crippen molar-refractivity contribution < 1.29 is 14.4 Å². The molecule has 0 spiro atoms. The molecule has 4 rings (SSSR count). The highest BCUT2D eigenvalue weighted by Crippen LogP contribution is 2.28. The van der Waals surface area contributed by atoms with Crippen molar-refractivity contribution >= 4 is 23.3 Å². The molecule has 2 amide bonds. The molecule has 7 nitrogen and oxygen atoms in total. The SMILES string of the molecule is Cc1[nH]c(=O)[nH]c1C(=O)c1ccc(N2C(=O)c3ccccc3C2=O)cc1. The molecular weight excluding hydrogens is 334 g/mol. The third-order valence-corrected chi connectivity index (χ3v) is 4.32. The summed E-state index contributed by atoms with van der Waals surface area (Å²) in [4.78, 5) is 54.8. The van der Waals surface area contributed by atoms with Crippen LogP contribution < -0.4 is 10.6 Å². The summed E-state index contributed by atoms with van der Waals surface area (Å²) in [6, 6.07) is 12.7. The van der Waals surface area contributed by atoms with Gasteiger partial charge in [0.25, 0.3) is 11.8 Å². The number of carbonyl (C=O) groups excluding carboxylic acids is 3. The van der Waals surface area contributed by atoms with E-state index in [1.54, 1.807) is 31.2 Å². The lowest BCUT2D eigenvalue weighted by molar-refractivity contribution is 0.0925. The van der Waals surface area contributed by atoms with Crippen molar-refractivity contribution in [3.05, 3.63) is 87.1 Å². The molecule has 7 heteroatoms. The maximum atomic E-state index is 12.5. The minimum Gasteiger partial charge on any atom is -0.310 e. The first-order valence-electron chi connectivity index (χ1n) is 7.89. The second-order valence-corrected chi connectivity index (χ2v) is 5.95. The maximum Gasteiger partial charge on any atom is 0.323 e. The van der Waals surface area contributed by atoms with Crippen LogP contribution in [-0.2, 0) is 0 Å². The number of H-pyrrole nitrogens is 2. The minimum absolute atomic E-state index is 0.184. The van der Waals surface area contributed by atoms with E-state index < -0.39 is 17.5 Å². The number of imidazole rings is 1. The summed E-state index contributed by atoms with van der Waals surface area (Å²) in [5.41, 5.74) is 1.62. The molecule has 26 heavy (non-hydrogen) atoms. The molecule has 0 aliphatic carbocycles. The van der Waals surface area contributed by atoms with Crippen LogP contribution in [0.4, 0.5) is 5.69 Å². The molecular formula is C19H13N3O4. The third kappa shape index (κ3) is 2.29. The van der Waals surface area contributed by atoms with Crippen LogP contribution in [0.3, 0.4) is 0 Å². The van der Waals surface area contributed by atoms with Crippen LogP contribution in [0.15, 0.2) is 53.3 Å². The Bertz CT molecular complexity index is 1090. The van der Waals surface area contributed by atoms with E-state index in [4.69, 9.17) is 0 Å². The number of ketones is 1. The van der Waals surface area contributed by atoms with E-state index in [2.05, 4.69) is 9.97 Å². The molecule has 128 valence electrons. The number of aromatic amines is 2. The molecule has 1 aromatic heterocycles. The number of anilines is 1. The lowest BCUT2D eigenvalue weighted by Gasteiger charge is -2.14. The Hall–Kier alpha value is -3.74. The largest absolute Gasteiger partial charge is 0.323 e. The van der Waals surface area contributed by atoms with Gasteiger partial charge in [0.1, 0.15) is 5.69 Å². The fourth-order valence-corrected chi connectivity index (χ4v) is 3.03. The predicted molar refractivity (Wildman–Crippen MR) is 93.6 cm³/mol. The van der Waals surface area contributed by atoms with Crippen molar-refractivity contribution in [3.8, 4) is 0 Å². The van der Waals surface area contributed by atoms with E-state index in [0.29, 0.717) is 28.1 Å². The summed E-state index contributed by atoms with van der Waals surface area (Å²) in [5, 5.41) is 0. The van der Waals surface area contributed by atoms with Crippen molar-refractivity contribution in [2.24, 2.45) is 0 Å². The van der Waals surface area contributed by atoms with Gasteiger partial charge in [-0.05, 0) is 43.3 Å². The van der Waals surface area contributed by atoms with Gasteiger partial charge in [0.05, 0.1) is 16.8 Å². The first-order chi connectivity index (χ1) is 12.5. The van der Waals surface area contributed by atoms with Gasteiger partial charge in [-0.2, -0.15) is 0 Å². The lowest BCUT2D eigenvalue weighted by Crippen LogP contribution is -2.29. The van der Waals surface area contributed by atoms with E-state index in [1.807, 2.05) is 0 Å². The van der Waals surface area contributed by atoms with Crippen molar-refractivity contribution in [2.45, 2.75) is 6.92 Å². The third-order valence-electron chi connectivity index (χ3n) is 4.32. The molecule has 0 radical (unpaired) electrons. The molecule has 2 aromatic carbocycles. The summed E-state index contributed by atoms with van der Waals surface area (Å²) < 4.78 is 0. The average Bonchev–Trinajstić information content (AvgIpc) is 3.11. The highest BCUT2D eigenvalue weighted by atomic mass is 16.2. The summed E-state index contributed by atoms with van der Waals surface area (Å²) in [6.45, 7) is 1.62. The second-order valence-electron chi connectivity index (χ2n) is 5.95. The molecule has 3 aromatic rings. The number of amides is 2. The van der Waals surface area contributed by atoms with Crippen LogP contribution in [0.25, 0.3) is 0 Å². The molecule has 0 unspecified atom stereocenters. The molecule has 2 heterocycles. The molecule has 2 N–H and O–H groups in total. The average molecular weight is 347 g/mol. The Morgan fingerprint density at radius 2 is 1.42 bits per heavy atom. The van der Waals surface area contributed by atoms with Gasteiger partial charge < -0.3 is 9.97 Å². The number of nitrogens with zero attached hydrogens (tertiary/aromatic N) is 1. The first kappa shape index (κ1) is 15.8. The van der Waals surface area contributed by atoms with Gasteiger partial charge in [-0.25, -0.2) is 9.69 Å². The van der Waals surface area contributed by atoms with Crippen LogP contribution >= 0.6 is 0 Å². The quantitative estimate of drug-likeness (QED) is 0.559. The van der Waals surface area contributed by atoms with E-state index in [0.717, 1.165) is 4.90 Å². The Morgan fingerprint density at radius 1 is 0.846 bits per heavy atom. The zero-order valence-corrected chi connectivity index (χ0v) is 13.7. The van der Waals surface area contributed by atoms with E-state index in [1.165, 1.54) is 24.3 Å². The normalized spacial score (nSPS) is 13.2. The standard InChI is InChI=1S/C19H13N3O4/c1-10-15(21-19(26)20-10)16(23)11-6-8-12(9-7-11)22-17(24)13-4-2-3-5-14(13)18(22)25/h2-9H,1H3,(H2,20,21,26). The number of hydrogen-bond donors (Lipinski definition) is 2. The summed E-state index contributed by atoms with van der Waals surface area (Å²) in [7, 11) is 0. The van der Waals surface area contributed by atoms with E-state index in [9.17, 15) is 19.2 Å². The highest BCUT2D eigenvalue weighted by Gasteiger charge is 2.36. The molecule has 0 bridgehead atoms. The van der Waals surface area contributed by atoms with Crippen LogP contribution in [0, 0.1) is 6.92 Å². The Morgan fingerprint density at radius 3 is 1.92 bits per heavy atom. The highest BCUT2D eigenvalue weighted by molar-refractivity contribution is 6.34. The zero-order valence-electron chi connectivity index (χ0n) is 13.7. The maximum absolute atomic E-state index is 12.5. The fraction of sp³-hybridized carbons (Fsp3) is 0.0526. The number of fused-ring (bicyclic) bond motifs is 1. The van der Waals surface area contributed by atoms with Crippen molar-refractivity contribution in [1.29, 1.82) is 0 Å². The first-order valence-corrected chi connectivity index (χ1v) is 7.89. The predicted octanol–water partition coefficient (Wildman–Crippen LogP) is 2.04. The Balaban J connectivity index is 1.66. The topological polar surface area (TPSA) is 103 Å². The van der Waals surface area contributed by atoms with Crippen LogP contribution in [-0.4, -0.2) is 27.6 Å². The van der Waals surface area contributed by atoms with E-state index >= 15 is 0 Å². The summed E-state index contributed by atoms with van der Waals surface area (Å²) in [5.74, 6) is -1.14. The number of benzene rings is 2. The number of aryl methyl sites for hydroxylation is 1. The Labute approximate surface area is 147 Å². The lowest BCUT2D eigenvalue weighted by atomic mass is 10.1. The van der Waals surface area contributed by atoms with Crippen LogP contribution in [0.5, 0.6) is 0 Å². The molecule has 0 saturated carbocycles. The smallest absolute Gasteiger partial charge is 0.310 e. The molecule has 0 atom stereocenters. The molecule has 0 fully saturated rings. The van der Waals surface area contributed by atoms with Gasteiger partial charge in [0.2, 0.25) is 5.78 Å². The monoisotopic (exact) mass is 347 g/mol. The van der Waals surface area contributed by atoms with Gasteiger partial charge in [-0.1, -0.05) is 12.1 Å². The van der Waals surface area contributed by atoms with Gasteiger partial charge in [0, 0.05) is 11.3 Å². The van der Waals surface area contributed by atoms with Crippen LogP contribution in [0.1, 0.15) is 42.5 Å². The van der Waals surface area contributed by atoms with Crippen LogP contribution in [0.2, 0.25) is 0 Å². The zero-order chi connectivity index (χ0) is 18.4. The number of carbonyl (C=O) groups is 3. The van der Waals surface area contributed by atoms with Gasteiger partial charge in [-0.15, -0.1) is 0 Å². The fourth-order valence-electron chi connectivity index (χ4n) is 3.03. The number of imide groups is 1. The number of aromatic nitrogens is 2. The van der Waals surface area contributed by atoms with E-state index in [-0.39, 0.29) is 11.5 Å². The molecule has 1 aliphatic rings. The van der Waals surface area contributed by atoms with Crippen molar-refractivity contribution in [2.75, 3.05) is 4.90 Å². The summed E-state index contributed by atoms with van der Waals surface area (Å²) in [6.07, 6.45) is 0. The van der Waals surface area contributed by atoms with Gasteiger partial charge in [-0.3, -0.25) is 14.4 Å². The van der Waals surface area contributed by atoms with Crippen molar-refractivity contribution in [1.82, 2.24) is 9.97 Å². The number of nitrogens with one attached hydrogen (secondary N) is 2. The molecule has 0 saturated heterocycles. The number of hydrogen-bond acceptors (Lipinski definition) is 4. The Kier molecular flexibility index (Phi) is 3.43. The minimum atomic E-state index is -0.450. The summed E-state index contributed by atoms with van der Waals surface area (Å²) >= 11 is 0. The molecule has 1 aliphatic heterocycles. The number of rotatable bonds is 3. The van der Waals surface area contributed by atoms with Gasteiger partial charge in [0.15, 0.2) is 0 Å².